The van der Waals surface area contributed by atoms with Gasteiger partial charge in [-0.25, -0.2) is 9.59 Å². The number of carbonyl (C=O) groups is 6. The average molecular weight is 765 g/mol. The highest BCUT2D eigenvalue weighted by atomic mass is 16.7. The summed E-state index contributed by atoms with van der Waals surface area (Å²) in [5.74, 6) is -3.51. The Bertz CT molecular complexity index is 1390. The predicted octanol–water partition coefficient (Wildman–Crippen LogP) is 4.17. The average Bonchev–Trinajstić information content (AvgIpc) is 3.42. The molecule has 0 unspecified atom stereocenters. The first-order valence-electron chi connectivity index (χ1n) is 18.4. The Hall–Kier alpha value is -4.44. The van der Waals surface area contributed by atoms with Crippen LogP contribution in [0, 0.1) is 0 Å². The van der Waals surface area contributed by atoms with Gasteiger partial charge in [-0.05, 0) is 93.6 Å². The van der Waals surface area contributed by atoms with E-state index in [2.05, 4.69) is 21.3 Å². The molecule has 0 aromatic heterocycles. The molecule has 1 fully saturated rings. The zero-order chi connectivity index (χ0) is 40.5. The topological polar surface area (TPSA) is 206 Å². The Morgan fingerprint density at radius 1 is 0.796 bits per heavy atom. The number of esters is 2. The normalized spacial score (nSPS) is 16.9. The molecule has 0 bridgehead atoms. The summed E-state index contributed by atoms with van der Waals surface area (Å²) < 4.78 is 32.8. The minimum Gasteiger partial charge on any atom is -0.466 e. The van der Waals surface area contributed by atoms with Crippen LogP contribution in [0.3, 0.4) is 0 Å². The van der Waals surface area contributed by atoms with Crippen LogP contribution in [-0.4, -0.2) is 96.9 Å². The van der Waals surface area contributed by atoms with Crippen molar-refractivity contribution in [2.75, 3.05) is 19.8 Å². The van der Waals surface area contributed by atoms with E-state index in [1.807, 2.05) is 6.07 Å². The van der Waals surface area contributed by atoms with Crippen molar-refractivity contribution in [3.05, 3.63) is 35.9 Å². The van der Waals surface area contributed by atoms with Crippen molar-refractivity contribution in [3.8, 4) is 0 Å². The maximum Gasteiger partial charge on any atom is 0.408 e. The van der Waals surface area contributed by atoms with Crippen molar-refractivity contribution < 1.29 is 57.2 Å². The number of hydrogen-bond acceptors (Lipinski definition) is 12. The molecule has 1 heterocycles. The van der Waals surface area contributed by atoms with Crippen molar-refractivity contribution in [2.24, 2.45) is 0 Å². The van der Waals surface area contributed by atoms with Crippen LogP contribution in [0.25, 0.3) is 0 Å². The summed E-state index contributed by atoms with van der Waals surface area (Å²) in [5, 5.41) is 10.7. The van der Waals surface area contributed by atoms with Crippen LogP contribution in [0.15, 0.2) is 30.3 Å². The molecule has 1 aromatic rings. The van der Waals surface area contributed by atoms with E-state index in [0.717, 1.165) is 5.56 Å². The van der Waals surface area contributed by atoms with E-state index in [1.54, 1.807) is 86.6 Å². The second-order valence-electron chi connectivity index (χ2n) is 15.4. The van der Waals surface area contributed by atoms with Gasteiger partial charge in [0, 0.05) is 13.0 Å². The third kappa shape index (κ3) is 19.1. The lowest BCUT2D eigenvalue weighted by Crippen LogP contribution is -2.57. The summed E-state index contributed by atoms with van der Waals surface area (Å²) in [7, 11) is 0. The van der Waals surface area contributed by atoms with Crippen molar-refractivity contribution in [1.82, 2.24) is 21.3 Å². The molecule has 16 heteroatoms. The quantitative estimate of drug-likeness (QED) is 0.0890. The standard InChI is InChI=1S/C38H60N4O12/c1-10-49-31(44)22-28(29-24-51-38(8,9)52-29)41-32(45)26(18-14-15-21-39-34(47)54-37(5,6)7)40-33(46)27(19-20-30(43)53-36(2,3)4)42-35(48)50-23-25-16-12-11-13-17-25/h11-13,16-17,26-29H,10,14-15,18-24H2,1-9H3,(H,39,47)(H,40,46)(H,41,45)(H,42,48)/t26-,27-,28-,29-/m0/s1. The SMILES string of the molecule is CCOC(=O)C[C@H](NC(=O)[C@H](CCCCNC(=O)OC(C)(C)C)NC(=O)[C@H](CCC(=O)OC(C)(C)C)NC(=O)OCc1ccccc1)[C@@H]1COC(C)(C)O1. The second-order valence-corrected chi connectivity index (χ2v) is 15.4. The summed E-state index contributed by atoms with van der Waals surface area (Å²) >= 11 is 0. The highest BCUT2D eigenvalue weighted by molar-refractivity contribution is 5.92. The number of hydrogen-bond donors (Lipinski definition) is 4. The lowest BCUT2D eigenvalue weighted by atomic mass is 10.0. The third-order valence-corrected chi connectivity index (χ3v) is 7.60. The number of amides is 4. The number of ether oxygens (including phenoxy) is 6. The van der Waals surface area contributed by atoms with Crippen LogP contribution < -0.4 is 21.3 Å². The molecule has 0 saturated carbocycles. The lowest BCUT2D eigenvalue weighted by Gasteiger charge is -2.28. The highest BCUT2D eigenvalue weighted by Gasteiger charge is 2.40. The van der Waals surface area contributed by atoms with Crippen LogP contribution in [0.5, 0.6) is 0 Å². The molecule has 0 aliphatic carbocycles. The fourth-order valence-corrected chi connectivity index (χ4v) is 5.22. The molecule has 1 aliphatic heterocycles. The highest BCUT2D eigenvalue weighted by Crippen LogP contribution is 2.25. The van der Waals surface area contributed by atoms with Gasteiger partial charge in [0.2, 0.25) is 11.8 Å². The molecule has 304 valence electrons. The lowest BCUT2D eigenvalue weighted by molar-refractivity contribution is -0.155. The summed E-state index contributed by atoms with van der Waals surface area (Å²) in [5.41, 5.74) is -0.734. The summed E-state index contributed by atoms with van der Waals surface area (Å²) in [4.78, 5) is 78.0. The Labute approximate surface area is 318 Å². The smallest absolute Gasteiger partial charge is 0.408 e. The Kier molecular flexibility index (Phi) is 18.2. The number of alkyl carbamates (subject to hydrolysis) is 2. The molecule has 16 nitrogen and oxygen atoms in total. The molecular formula is C38H60N4O12. The van der Waals surface area contributed by atoms with Crippen molar-refractivity contribution >= 4 is 35.9 Å². The van der Waals surface area contributed by atoms with E-state index in [4.69, 9.17) is 28.4 Å². The largest absolute Gasteiger partial charge is 0.466 e. The van der Waals surface area contributed by atoms with Gasteiger partial charge in [-0.3, -0.25) is 19.2 Å². The second kappa shape index (κ2) is 21.4. The fourth-order valence-electron chi connectivity index (χ4n) is 5.22. The first-order valence-corrected chi connectivity index (χ1v) is 18.4. The van der Waals surface area contributed by atoms with Gasteiger partial charge in [-0.2, -0.15) is 0 Å². The van der Waals surface area contributed by atoms with Crippen LogP contribution in [-0.2, 0) is 54.2 Å². The van der Waals surface area contributed by atoms with Crippen LogP contribution in [0.4, 0.5) is 9.59 Å². The van der Waals surface area contributed by atoms with Gasteiger partial charge in [0.05, 0.1) is 25.7 Å². The van der Waals surface area contributed by atoms with Gasteiger partial charge in [0.1, 0.15) is 36.0 Å². The molecule has 0 radical (unpaired) electrons. The summed E-state index contributed by atoms with van der Waals surface area (Å²) in [6.07, 6.45) is -1.93. The Morgan fingerprint density at radius 3 is 2.02 bits per heavy atom. The molecule has 1 aliphatic rings. The van der Waals surface area contributed by atoms with E-state index < -0.39 is 77.2 Å². The number of carbonyl (C=O) groups excluding carboxylic acids is 6. The minimum absolute atomic E-state index is 0.0684. The van der Waals surface area contributed by atoms with E-state index in [-0.39, 0.29) is 52.0 Å². The number of rotatable bonds is 19. The molecule has 54 heavy (non-hydrogen) atoms. The molecule has 4 atom stereocenters. The van der Waals surface area contributed by atoms with Crippen molar-refractivity contribution in [1.29, 1.82) is 0 Å². The Morgan fingerprint density at radius 2 is 1.43 bits per heavy atom. The van der Waals surface area contributed by atoms with Gasteiger partial charge in [0.15, 0.2) is 5.79 Å². The molecule has 4 N–H and O–H groups in total. The van der Waals surface area contributed by atoms with Crippen molar-refractivity contribution in [2.45, 2.75) is 149 Å². The fraction of sp³-hybridized carbons (Fsp3) is 0.684. The minimum atomic E-state index is -1.30. The van der Waals surface area contributed by atoms with Gasteiger partial charge in [-0.1, -0.05) is 30.3 Å². The Balaban J connectivity index is 2.27. The predicted molar refractivity (Wildman–Crippen MR) is 197 cm³/mol. The van der Waals surface area contributed by atoms with E-state index in [1.165, 1.54) is 0 Å². The van der Waals surface area contributed by atoms with Crippen molar-refractivity contribution in [3.63, 3.8) is 0 Å². The van der Waals surface area contributed by atoms with Gasteiger partial charge in [0.25, 0.3) is 0 Å². The molecule has 0 spiro atoms. The van der Waals surface area contributed by atoms with E-state index in [9.17, 15) is 28.8 Å². The first-order chi connectivity index (χ1) is 25.2. The van der Waals surface area contributed by atoms with E-state index in [0.29, 0.717) is 12.8 Å². The zero-order valence-electron chi connectivity index (χ0n) is 33.2. The first kappa shape index (κ1) is 45.7. The molecule has 1 saturated heterocycles. The van der Waals surface area contributed by atoms with Crippen LogP contribution >= 0.6 is 0 Å². The number of benzene rings is 1. The maximum absolute atomic E-state index is 14.0. The van der Waals surface area contributed by atoms with Gasteiger partial charge in [-0.15, -0.1) is 0 Å². The maximum atomic E-state index is 14.0. The van der Waals surface area contributed by atoms with Crippen LogP contribution in [0.1, 0.15) is 106 Å². The number of nitrogens with one attached hydrogen (secondary N) is 4. The van der Waals surface area contributed by atoms with Gasteiger partial charge < -0.3 is 49.7 Å². The monoisotopic (exact) mass is 764 g/mol. The molecule has 1 aromatic carbocycles. The molecule has 2 rings (SSSR count). The third-order valence-electron chi connectivity index (χ3n) is 7.60. The summed E-state index contributed by atoms with van der Waals surface area (Å²) in [6.45, 7) is 15.8. The summed E-state index contributed by atoms with van der Waals surface area (Å²) in [6, 6.07) is 5.58. The van der Waals surface area contributed by atoms with E-state index >= 15 is 0 Å². The molecular weight excluding hydrogens is 704 g/mol. The zero-order valence-corrected chi connectivity index (χ0v) is 33.2. The number of unbranched alkanes of at least 4 members (excludes halogenated alkanes) is 1. The van der Waals surface area contributed by atoms with Crippen LogP contribution in [0.2, 0.25) is 0 Å². The van der Waals surface area contributed by atoms with Gasteiger partial charge >= 0.3 is 24.1 Å². The molecule has 4 amide bonds.